The van der Waals surface area contributed by atoms with E-state index in [9.17, 15) is 4.79 Å². The van der Waals surface area contributed by atoms with Crippen LogP contribution in [-0.4, -0.2) is 25.8 Å². The summed E-state index contributed by atoms with van der Waals surface area (Å²) in [6.07, 6.45) is 2.61. The van der Waals surface area contributed by atoms with Gasteiger partial charge in [-0.25, -0.2) is 4.79 Å². The second-order valence-corrected chi connectivity index (χ2v) is 6.10. The molecule has 0 radical (unpaired) electrons. The molecule has 1 amide bonds. The van der Waals surface area contributed by atoms with E-state index >= 15 is 0 Å². The number of nitrogens with one attached hydrogen (secondary N) is 1. The molecule has 0 bridgehead atoms. The number of carbonyl (C=O) groups is 1. The smallest absolute Gasteiger partial charge is 0.407 e. The van der Waals surface area contributed by atoms with Crippen LogP contribution in [0.25, 0.3) is 11.1 Å². The molecule has 0 unspecified atom stereocenters. The third-order valence-electron chi connectivity index (χ3n) is 4.49. The number of benzene rings is 2. The van der Waals surface area contributed by atoms with Crippen molar-refractivity contribution in [3.8, 4) is 11.1 Å². The number of hydrogen-bond donors (Lipinski definition) is 2. The Bertz CT molecular complexity index is 660. The van der Waals surface area contributed by atoms with Crippen LogP contribution in [0.3, 0.4) is 0 Å². The molecule has 2 aromatic rings. The molecule has 1 aliphatic carbocycles. The predicted octanol–water partition coefficient (Wildman–Crippen LogP) is 4.08. The van der Waals surface area contributed by atoms with Gasteiger partial charge in [0.2, 0.25) is 0 Å². The number of alkyl carbamates (subject to hydrolysis) is 1. The van der Waals surface area contributed by atoms with Crippen molar-refractivity contribution < 1.29 is 9.53 Å². The summed E-state index contributed by atoms with van der Waals surface area (Å²) >= 11 is 0. The molecule has 134 valence electrons. The minimum absolute atomic E-state index is 0. The molecule has 25 heavy (non-hydrogen) atoms. The van der Waals surface area contributed by atoms with Crippen molar-refractivity contribution in [1.29, 1.82) is 0 Å². The fourth-order valence-electron chi connectivity index (χ4n) is 3.29. The first kappa shape index (κ1) is 19.3. The average molecular weight is 361 g/mol. The molecule has 0 heterocycles. The lowest BCUT2D eigenvalue weighted by Crippen LogP contribution is -2.27. The molecule has 3 N–H and O–H groups in total. The molecule has 5 heteroatoms. The van der Waals surface area contributed by atoms with E-state index in [2.05, 4.69) is 29.6 Å². The van der Waals surface area contributed by atoms with Gasteiger partial charge in [0.25, 0.3) is 0 Å². The molecule has 0 atom stereocenters. The summed E-state index contributed by atoms with van der Waals surface area (Å²) in [5.74, 6) is 0.111. The van der Waals surface area contributed by atoms with E-state index in [4.69, 9.17) is 10.5 Å². The zero-order chi connectivity index (χ0) is 16.8. The second-order valence-electron chi connectivity index (χ2n) is 6.10. The molecular formula is C20H25ClN2O2. The number of ether oxygens (including phenoxy) is 1. The summed E-state index contributed by atoms with van der Waals surface area (Å²) in [5.41, 5.74) is 10.4. The normalized spacial score (nSPS) is 12.0. The van der Waals surface area contributed by atoms with E-state index in [1.54, 1.807) is 0 Å². The van der Waals surface area contributed by atoms with E-state index in [-0.39, 0.29) is 24.4 Å². The van der Waals surface area contributed by atoms with Crippen molar-refractivity contribution in [2.75, 3.05) is 19.7 Å². The van der Waals surface area contributed by atoms with E-state index in [0.29, 0.717) is 19.7 Å². The summed E-state index contributed by atoms with van der Waals surface area (Å²) < 4.78 is 5.47. The number of amides is 1. The first-order valence-electron chi connectivity index (χ1n) is 8.60. The standard InChI is InChI=1S/C20H24N2O2.ClH/c21-12-6-1-7-13-22-20(23)24-14-19-17-10-4-2-8-15(17)16-9-3-5-11-18(16)19;/h2-5,8-11,19H,1,6-7,12-14,21H2,(H,22,23);1H. The topological polar surface area (TPSA) is 64.3 Å². The Labute approximate surface area is 155 Å². The maximum Gasteiger partial charge on any atom is 0.407 e. The minimum atomic E-state index is -0.343. The van der Waals surface area contributed by atoms with Crippen molar-refractivity contribution in [1.82, 2.24) is 5.32 Å². The fraction of sp³-hybridized carbons (Fsp3) is 0.350. The van der Waals surface area contributed by atoms with Gasteiger partial charge in [0.05, 0.1) is 0 Å². The quantitative estimate of drug-likeness (QED) is 0.731. The van der Waals surface area contributed by atoms with Gasteiger partial charge in [-0.05, 0) is 41.6 Å². The number of fused-ring (bicyclic) bond motifs is 3. The maximum atomic E-state index is 11.9. The van der Waals surface area contributed by atoms with E-state index in [1.165, 1.54) is 22.3 Å². The first-order valence-corrected chi connectivity index (χ1v) is 8.60. The molecule has 2 aromatic carbocycles. The largest absolute Gasteiger partial charge is 0.449 e. The molecule has 0 saturated carbocycles. The van der Waals surface area contributed by atoms with Crippen LogP contribution in [0.4, 0.5) is 4.79 Å². The maximum absolute atomic E-state index is 11.9. The summed E-state index contributed by atoms with van der Waals surface area (Å²) in [5, 5.41) is 2.81. The van der Waals surface area contributed by atoms with Gasteiger partial charge in [0.1, 0.15) is 6.61 Å². The lowest BCUT2D eigenvalue weighted by molar-refractivity contribution is 0.143. The monoisotopic (exact) mass is 360 g/mol. The van der Waals surface area contributed by atoms with E-state index in [1.807, 2.05) is 24.3 Å². The highest BCUT2D eigenvalue weighted by Gasteiger charge is 2.28. The van der Waals surface area contributed by atoms with Gasteiger partial charge in [0.15, 0.2) is 0 Å². The van der Waals surface area contributed by atoms with Crippen LogP contribution >= 0.6 is 12.4 Å². The van der Waals surface area contributed by atoms with Crippen LogP contribution < -0.4 is 11.1 Å². The lowest BCUT2D eigenvalue weighted by atomic mass is 9.98. The highest BCUT2D eigenvalue weighted by atomic mass is 35.5. The Hall–Kier alpha value is -2.04. The first-order chi connectivity index (χ1) is 11.8. The fourth-order valence-corrected chi connectivity index (χ4v) is 3.29. The number of nitrogens with two attached hydrogens (primary N) is 1. The van der Waals surface area contributed by atoms with Crippen LogP contribution in [-0.2, 0) is 4.74 Å². The van der Waals surface area contributed by atoms with Crippen LogP contribution in [0.2, 0.25) is 0 Å². The SMILES string of the molecule is Cl.NCCCCCNC(=O)OCC1c2ccccc2-c2ccccc21. The summed E-state index contributed by atoms with van der Waals surface area (Å²) in [6.45, 7) is 1.70. The van der Waals surface area contributed by atoms with E-state index in [0.717, 1.165) is 19.3 Å². The number of carbonyl (C=O) groups excluding carboxylic acids is 1. The Morgan fingerprint density at radius 2 is 1.56 bits per heavy atom. The van der Waals surface area contributed by atoms with Crippen molar-refractivity contribution in [2.24, 2.45) is 5.73 Å². The zero-order valence-electron chi connectivity index (χ0n) is 14.2. The van der Waals surface area contributed by atoms with Crippen molar-refractivity contribution in [2.45, 2.75) is 25.2 Å². The minimum Gasteiger partial charge on any atom is -0.449 e. The number of halogens is 1. The Morgan fingerprint density at radius 3 is 2.16 bits per heavy atom. The van der Waals surface area contributed by atoms with Gasteiger partial charge in [-0.2, -0.15) is 0 Å². The predicted molar refractivity (Wildman–Crippen MR) is 103 cm³/mol. The van der Waals surface area contributed by atoms with E-state index < -0.39 is 0 Å². The third kappa shape index (κ3) is 4.53. The van der Waals surface area contributed by atoms with Crippen LogP contribution in [0.1, 0.15) is 36.3 Å². The van der Waals surface area contributed by atoms with Gasteiger partial charge in [-0.3, -0.25) is 0 Å². The highest BCUT2D eigenvalue weighted by Crippen LogP contribution is 2.44. The van der Waals surface area contributed by atoms with Crippen molar-refractivity contribution >= 4 is 18.5 Å². The molecular weight excluding hydrogens is 336 g/mol. The highest BCUT2D eigenvalue weighted by molar-refractivity contribution is 5.85. The average Bonchev–Trinajstić information content (AvgIpc) is 2.94. The van der Waals surface area contributed by atoms with Crippen molar-refractivity contribution in [3.05, 3.63) is 59.7 Å². The van der Waals surface area contributed by atoms with Gasteiger partial charge >= 0.3 is 6.09 Å². The van der Waals surface area contributed by atoms with Gasteiger partial charge in [-0.1, -0.05) is 55.0 Å². The second kappa shape index (κ2) is 9.44. The Balaban J connectivity index is 0.00000225. The van der Waals surface area contributed by atoms with Gasteiger partial charge in [-0.15, -0.1) is 12.4 Å². The third-order valence-corrected chi connectivity index (χ3v) is 4.49. The molecule has 4 nitrogen and oxygen atoms in total. The molecule has 0 spiro atoms. The molecule has 3 rings (SSSR count). The van der Waals surface area contributed by atoms with Crippen molar-refractivity contribution in [3.63, 3.8) is 0 Å². The Morgan fingerprint density at radius 1 is 0.960 bits per heavy atom. The summed E-state index contributed by atoms with van der Waals surface area (Å²) in [6, 6.07) is 16.7. The zero-order valence-corrected chi connectivity index (χ0v) is 15.1. The molecule has 0 fully saturated rings. The number of hydrogen-bond acceptors (Lipinski definition) is 3. The number of rotatable bonds is 7. The molecule has 0 saturated heterocycles. The summed E-state index contributed by atoms with van der Waals surface area (Å²) in [7, 11) is 0. The van der Waals surface area contributed by atoms with Gasteiger partial charge < -0.3 is 15.8 Å². The van der Waals surface area contributed by atoms with Crippen LogP contribution in [0.15, 0.2) is 48.5 Å². The molecule has 0 aromatic heterocycles. The Kier molecular flexibility index (Phi) is 7.29. The molecule has 1 aliphatic rings. The molecule has 0 aliphatic heterocycles. The van der Waals surface area contributed by atoms with Crippen LogP contribution in [0.5, 0.6) is 0 Å². The summed E-state index contributed by atoms with van der Waals surface area (Å²) in [4.78, 5) is 11.9. The van der Waals surface area contributed by atoms with Gasteiger partial charge in [0, 0.05) is 12.5 Å². The lowest BCUT2D eigenvalue weighted by Gasteiger charge is -2.14. The number of unbranched alkanes of at least 4 members (excludes halogenated alkanes) is 2. The van der Waals surface area contributed by atoms with Crippen LogP contribution in [0, 0.1) is 0 Å².